The van der Waals surface area contributed by atoms with Crippen LogP contribution in [-0.2, 0) is 0 Å². The van der Waals surface area contributed by atoms with Gasteiger partial charge in [-0.15, -0.1) is 0 Å². The van der Waals surface area contributed by atoms with Crippen LogP contribution >= 0.6 is 15.9 Å². The van der Waals surface area contributed by atoms with Crippen molar-refractivity contribution in [1.82, 2.24) is 0 Å². The molecule has 20 heavy (non-hydrogen) atoms. The smallest absolute Gasteiger partial charge is 0.146 e. The monoisotopic (exact) mass is 336 g/mol. The minimum Gasteiger partial charge on any atom is -0.364 e. The molecule has 0 saturated heterocycles. The third kappa shape index (κ3) is 3.02. The van der Waals surface area contributed by atoms with Crippen molar-refractivity contribution in [3.8, 4) is 0 Å². The summed E-state index contributed by atoms with van der Waals surface area (Å²) in [6.07, 6.45) is 0. The second-order valence-electron chi connectivity index (χ2n) is 4.84. The lowest BCUT2D eigenvalue weighted by atomic mass is 10.0. The maximum absolute atomic E-state index is 13.9. The molecule has 0 aliphatic rings. The second-order valence-corrected chi connectivity index (χ2v) is 5.69. The molecule has 0 amide bonds. The van der Waals surface area contributed by atoms with Gasteiger partial charge in [0, 0.05) is 18.1 Å². The van der Waals surface area contributed by atoms with Crippen molar-refractivity contribution in [2.45, 2.75) is 13.0 Å². The van der Waals surface area contributed by atoms with Crippen molar-refractivity contribution in [2.24, 2.45) is 5.73 Å². The van der Waals surface area contributed by atoms with Crippen LogP contribution in [-0.4, -0.2) is 13.6 Å². The van der Waals surface area contributed by atoms with Gasteiger partial charge in [0.15, 0.2) is 0 Å². The van der Waals surface area contributed by atoms with E-state index in [1.165, 1.54) is 11.6 Å². The van der Waals surface area contributed by atoms with Crippen LogP contribution in [0.5, 0.6) is 0 Å². The van der Waals surface area contributed by atoms with E-state index >= 15 is 0 Å². The maximum atomic E-state index is 13.9. The fourth-order valence-electron chi connectivity index (χ4n) is 2.30. The SMILES string of the molecule is Cc1ccc(C(CN)N(C)c2ccccc2F)c(Br)c1. The molecule has 0 fully saturated rings. The van der Waals surface area contributed by atoms with E-state index in [2.05, 4.69) is 15.9 Å². The van der Waals surface area contributed by atoms with Crippen LogP contribution in [0.3, 0.4) is 0 Å². The first-order valence-corrected chi connectivity index (χ1v) is 7.27. The van der Waals surface area contributed by atoms with Crippen LogP contribution in [0.4, 0.5) is 10.1 Å². The molecule has 0 radical (unpaired) electrons. The number of nitrogens with two attached hydrogens (primary N) is 1. The van der Waals surface area contributed by atoms with Gasteiger partial charge >= 0.3 is 0 Å². The number of para-hydroxylation sites is 1. The van der Waals surface area contributed by atoms with E-state index in [4.69, 9.17) is 5.73 Å². The third-order valence-corrected chi connectivity index (χ3v) is 4.12. The molecule has 2 rings (SSSR count). The van der Waals surface area contributed by atoms with E-state index in [0.717, 1.165) is 10.0 Å². The minimum atomic E-state index is -0.239. The molecule has 4 heteroatoms. The summed E-state index contributed by atoms with van der Waals surface area (Å²) in [4.78, 5) is 1.88. The molecule has 0 aromatic heterocycles. The van der Waals surface area contributed by atoms with E-state index in [1.54, 1.807) is 12.1 Å². The standard InChI is InChI=1S/C16H18BrFN2/c1-11-7-8-12(13(17)9-11)16(10-19)20(2)15-6-4-3-5-14(15)18/h3-9,16H,10,19H2,1-2H3. The normalized spacial score (nSPS) is 12.2. The van der Waals surface area contributed by atoms with E-state index in [9.17, 15) is 4.39 Å². The number of halogens is 2. The van der Waals surface area contributed by atoms with Crippen LogP contribution in [0.25, 0.3) is 0 Å². The Bertz CT molecular complexity index is 601. The van der Waals surface area contributed by atoms with Gasteiger partial charge in [-0.05, 0) is 36.2 Å². The molecule has 0 bridgehead atoms. The van der Waals surface area contributed by atoms with E-state index in [-0.39, 0.29) is 11.9 Å². The molecule has 2 nitrogen and oxygen atoms in total. The summed E-state index contributed by atoms with van der Waals surface area (Å²) >= 11 is 3.57. The molecular weight excluding hydrogens is 319 g/mol. The molecule has 2 aromatic rings. The van der Waals surface area contributed by atoms with Crippen LogP contribution in [0.2, 0.25) is 0 Å². The third-order valence-electron chi connectivity index (χ3n) is 3.44. The quantitative estimate of drug-likeness (QED) is 0.913. The number of likely N-dealkylation sites (N-methyl/N-ethyl adjacent to an activating group) is 1. The molecule has 0 heterocycles. The molecule has 0 aliphatic heterocycles. The predicted octanol–water partition coefficient (Wildman–Crippen LogP) is 4.03. The fourth-order valence-corrected chi connectivity index (χ4v) is 3.06. The van der Waals surface area contributed by atoms with Gasteiger partial charge in [0.25, 0.3) is 0 Å². The molecule has 2 aromatic carbocycles. The van der Waals surface area contributed by atoms with Crippen LogP contribution < -0.4 is 10.6 Å². The molecule has 1 unspecified atom stereocenters. The highest BCUT2D eigenvalue weighted by Gasteiger charge is 2.20. The van der Waals surface area contributed by atoms with Crippen molar-refractivity contribution in [3.05, 3.63) is 63.9 Å². The average molecular weight is 337 g/mol. The van der Waals surface area contributed by atoms with Gasteiger partial charge in [-0.25, -0.2) is 4.39 Å². The van der Waals surface area contributed by atoms with E-state index < -0.39 is 0 Å². The minimum absolute atomic E-state index is 0.0816. The number of aryl methyl sites for hydroxylation is 1. The van der Waals surface area contributed by atoms with Crippen LogP contribution in [0.15, 0.2) is 46.9 Å². The van der Waals surface area contributed by atoms with Gasteiger partial charge in [0.05, 0.1) is 11.7 Å². The van der Waals surface area contributed by atoms with Gasteiger partial charge in [-0.2, -0.15) is 0 Å². The molecular formula is C16H18BrFN2. The van der Waals surface area contributed by atoms with Gasteiger partial charge < -0.3 is 10.6 Å². The molecule has 2 N–H and O–H groups in total. The Hall–Kier alpha value is -1.39. The Morgan fingerprint density at radius 2 is 1.95 bits per heavy atom. The fraction of sp³-hybridized carbons (Fsp3) is 0.250. The summed E-state index contributed by atoms with van der Waals surface area (Å²) in [5.41, 5.74) is 8.70. The summed E-state index contributed by atoms with van der Waals surface area (Å²) < 4.78 is 14.9. The van der Waals surface area contributed by atoms with Gasteiger partial charge in [-0.1, -0.05) is 40.2 Å². The van der Waals surface area contributed by atoms with Crippen molar-refractivity contribution in [1.29, 1.82) is 0 Å². The van der Waals surface area contributed by atoms with Crippen molar-refractivity contribution in [3.63, 3.8) is 0 Å². The molecule has 0 saturated carbocycles. The lowest BCUT2D eigenvalue weighted by Crippen LogP contribution is -2.31. The zero-order valence-electron chi connectivity index (χ0n) is 11.6. The highest BCUT2D eigenvalue weighted by molar-refractivity contribution is 9.10. The summed E-state index contributed by atoms with van der Waals surface area (Å²) in [5, 5.41) is 0. The molecule has 106 valence electrons. The van der Waals surface area contributed by atoms with Gasteiger partial charge in [0.2, 0.25) is 0 Å². The zero-order chi connectivity index (χ0) is 14.7. The first kappa shape index (κ1) is 15.0. The van der Waals surface area contributed by atoms with Crippen LogP contribution in [0, 0.1) is 12.7 Å². The molecule has 1 atom stereocenters. The first-order chi connectivity index (χ1) is 9.54. The average Bonchev–Trinajstić information content (AvgIpc) is 2.42. The first-order valence-electron chi connectivity index (χ1n) is 6.48. The number of hydrogen-bond acceptors (Lipinski definition) is 2. The van der Waals surface area contributed by atoms with Crippen molar-refractivity contribution < 1.29 is 4.39 Å². The Balaban J connectivity index is 2.39. The number of rotatable bonds is 4. The largest absolute Gasteiger partial charge is 0.364 e. The van der Waals surface area contributed by atoms with Crippen molar-refractivity contribution in [2.75, 3.05) is 18.5 Å². The molecule has 0 aliphatic carbocycles. The number of benzene rings is 2. The Labute approximate surface area is 127 Å². The van der Waals surface area contributed by atoms with Gasteiger partial charge in [0.1, 0.15) is 5.82 Å². The van der Waals surface area contributed by atoms with E-state index in [1.807, 2.05) is 43.1 Å². The lowest BCUT2D eigenvalue weighted by Gasteiger charge is -2.30. The Morgan fingerprint density at radius 3 is 2.55 bits per heavy atom. The summed E-state index contributed by atoms with van der Waals surface area (Å²) in [7, 11) is 1.86. The lowest BCUT2D eigenvalue weighted by molar-refractivity contribution is 0.602. The summed E-state index contributed by atoms with van der Waals surface area (Å²) in [6.45, 7) is 2.44. The highest BCUT2D eigenvalue weighted by atomic mass is 79.9. The Morgan fingerprint density at radius 1 is 1.25 bits per heavy atom. The second kappa shape index (κ2) is 6.37. The van der Waals surface area contributed by atoms with Gasteiger partial charge in [-0.3, -0.25) is 0 Å². The highest BCUT2D eigenvalue weighted by Crippen LogP contribution is 2.31. The number of anilines is 1. The topological polar surface area (TPSA) is 29.3 Å². The Kier molecular flexibility index (Phi) is 4.78. The maximum Gasteiger partial charge on any atom is 0.146 e. The van der Waals surface area contributed by atoms with E-state index in [0.29, 0.717) is 12.2 Å². The summed E-state index contributed by atoms with van der Waals surface area (Å²) in [6, 6.07) is 12.8. The predicted molar refractivity (Wildman–Crippen MR) is 85.5 cm³/mol. The van der Waals surface area contributed by atoms with Crippen molar-refractivity contribution >= 4 is 21.6 Å². The number of nitrogens with zero attached hydrogens (tertiary/aromatic N) is 1. The zero-order valence-corrected chi connectivity index (χ0v) is 13.2. The summed E-state index contributed by atoms with van der Waals surface area (Å²) in [5.74, 6) is -0.239. The molecule has 0 spiro atoms. The number of hydrogen-bond donors (Lipinski definition) is 1. The van der Waals surface area contributed by atoms with Crippen LogP contribution in [0.1, 0.15) is 17.2 Å².